The maximum Gasteiger partial charge on any atom is 0.336 e. The van der Waals surface area contributed by atoms with Crippen LogP contribution in [0, 0.1) is 13.8 Å². The summed E-state index contributed by atoms with van der Waals surface area (Å²) in [5.74, 6) is -1.06. The van der Waals surface area contributed by atoms with Gasteiger partial charge in [-0.25, -0.2) is 4.79 Å². The SMILES string of the molecule is Cc1ccc(C)c(C(O)c2ccc(Cl)c(Cl)c2)c1C(=O)O. The van der Waals surface area contributed by atoms with Crippen LogP contribution in [0.4, 0.5) is 0 Å². The molecule has 3 nitrogen and oxygen atoms in total. The van der Waals surface area contributed by atoms with Crippen molar-refractivity contribution in [1.82, 2.24) is 0 Å². The summed E-state index contributed by atoms with van der Waals surface area (Å²) in [7, 11) is 0. The Hall–Kier alpha value is -1.55. The number of aromatic carboxylic acids is 1. The number of rotatable bonds is 3. The number of aryl methyl sites for hydroxylation is 2. The predicted molar refractivity (Wildman–Crippen MR) is 83.4 cm³/mol. The van der Waals surface area contributed by atoms with Gasteiger partial charge in [-0.05, 0) is 42.7 Å². The van der Waals surface area contributed by atoms with Crippen LogP contribution < -0.4 is 0 Å². The number of aliphatic hydroxyl groups is 1. The van der Waals surface area contributed by atoms with Gasteiger partial charge in [-0.3, -0.25) is 0 Å². The quantitative estimate of drug-likeness (QED) is 0.880. The van der Waals surface area contributed by atoms with Crippen LogP contribution in [0.1, 0.15) is 38.7 Å². The molecular weight excluding hydrogens is 311 g/mol. The molecule has 0 saturated carbocycles. The molecule has 2 aromatic carbocycles. The highest BCUT2D eigenvalue weighted by atomic mass is 35.5. The summed E-state index contributed by atoms with van der Waals surface area (Å²) >= 11 is 11.8. The lowest BCUT2D eigenvalue weighted by molar-refractivity contribution is 0.0690. The third-order valence-corrected chi connectivity index (χ3v) is 4.16. The molecule has 21 heavy (non-hydrogen) atoms. The Morgan fingerprint density at radius 1 is 1.05 bits per heavy atom. The van der Waals surface area contributed by atoms with Gasteiger partial charge < -0.3 is 10.2 Å². The normalized spacial score (nSPS) is 12.2. The molecule has 5 heteroatoms. The average Bonchev–Trinajstić information content (AvgIpc) is 2.43. The van der Waals surface area contributed by atoms with Crippen LogP contribution in [0.5, 0.6) is 0 Å². The van der Waals surface area contributed by atoms with E-state index in [4.69, 9.17) is 23.2 Å². The second-order valence-electron chi connectivity index (χ2n) is 4.87. The third-order valence-electron chi connectivity index (χ3n) is 3.42. The Kier molecular flexibility index (Phi) is 4.57. The minimum absolute atomic E-state index is 0.119. The molecule has 0 fully saturated rings. The van der Waals surface area contributed by atoms with Gasteiger partial charge in [0.1, 0.15) is 6.10 Å². The molecule has 2 N–H and O–H groups in total. The predicted octanol–water partition coefficient (Wildman–Crippen LogP) is 4.39. The van der Waals surface area contributed by atoms with Gasteiger partial charge in [0.15, 0.2) is 0 Å². The molecule has 0 saturated heterocycles. The lowest BCUT2D eigenvalue weighted by Crippen LogP contribution is -2.12. The molecule has 0 aromatic heterocycles. The van der Waals surface area contributed by atoms with Crippen molar-refractivity contribution in [1.29, 1.82) is 0 Å². The number of halogens is 2. The van der Waals surface area contributed by atoms with Gasteiger partial charge >= 0.3 is 5.97 Å². The van der Waals surface area contributed by atoms with E-state index in [-0.39, 0.29) is 5.56 Å². The van der Waals surface area contributed by atoms with Crippen molar-refractivity contribution in [3.8, 4) is 0 Å². The lowest BCUT2D eigenvalue weighted by Gasteiger charge is -2.19. The van der Waals surface area contributed by atoms with Crippen molar-refractivity contribution in [2.45, 2.75) is 20.0 Å². The smallest absolute Gasteiger partial charge is 0.336 e. The van der Waals surface area contributed by atoms with Crippen molar-refractivity contribution in [2.24, 2.45) is 0 Å². The molecule has 0 radical (unpaired) electrons. The molecular formula is C16H14Cl2O3. The molecule has 0 aliphatic carbocycles. The summed E-state index contributed by atoms with van der Waals surface area (Å²) in [6.07, 6.45) is -1.08. The molecule has 0 aliphatic rings. The standard InChI is InChI=1S/C16H14Cl2O3/c1-8-3-4-9(2)14(16(20)21)13(8)15(19)10-5-6-11(17)12(18)7-10/h3-7,15,19H,1-2H3,(H,20,21). The fourth-order valence-electron chi connectivity index (χ4n) is 2.32. The first-order valence-electron chi connectivity index (χ1n) is 6.29. The van der Waals surface area contributed by atoms with Crippen molar-refractivity contribution in [3.63, 3.8) is 0 Å². The molecule has 2 rings (SSSR count). The Labute approximate surface area is 132 Å². The molecule has 110 valence electrons. The first-order valence-corrected chi connectivity index (χ1v) is 7.05. The van der Waals surface area contributed by atoms with E-state index in [1.807, 2.05) is 0 Å². The fourth-order valence-corrected chi connectivity index (χ4v) is 2.62. The zero-order valence-corrected chi connectivity index (χ0v) is 13.0. The molecule has 0 heterocycles. The largest absolute Gasteiger partial charge is 0.478 e. The van der Waals surface area contributed by atoms with Crippen LogP contribution >= 0.6 is 23.2 Å². The highest BCUT2D eigenvalue weighted by molar-refractivity contribution is 6.42. The van der Waals surface area contributed by atoms with Gasteiger partial charge in [-0.15, -0.1) is 0 Å². The summed E-state index contributed by atoms with van der Waals surface area (Å²) < 4.78 is 0. The summed E-state index contributed by atoms with van der Waals surface area (Å²) in [6, 6.07) is 8.27. The number of benzene rings is 2. The van der Waals surface area contributed by atoms with Crippen LogP contribution in [-0.2, 0) is 0 Å². The van der Waals surface area contributed by atoms with Crippen LogP contribution in [-0.4, -0.2) is 16.2 Å². The summed E-state index contributed by atoms with van der Waals surface area (Å²) in [5.41, 5.74) is 2.30. The Morgan fingerprint density at radius 3 is 2.24 bits per heavy atom. The molecule has 0 aliphatic heterocycles. The van der Waals surface area contributed by atoms with Gasteiger partial charge in [-0.2, -0.15) is 0 Å². The molecule has 0 bridgehead atoms. The van der Waals surface area contributed by atoms with Crippen LogP contribution in [0.2, 0.25) is 10.0 Å². The zero-order valence-electron chi connectivity index (χ0n) is 11.5. The third kappa shape index (κ3) is 3.05. The molecule has 2 aromatic rings. The first kappa shape index (κ1) is 15.8. The van der Waals surface area contributed by atoms with Gasteiger partial charge in [0.2, 0.25) is 0 Å². The van der Waals surface area contributed by atoms with Crippen molar-refractivity contribution in [3.05, 3.63) is 68.2 Å². The Morgan fingerprint density at radius 2 is 1.67 bits per heavy atom. The number of carbonyl (C=O) groups is 1. The van der Waals surface area contributed by atoms with Gasteiger partial charge in [0, 0.05) is 5.56 Å². The van der Waals surface area contributed by atoms with E-state index < -0.39 is 12.1 Å². The minimum atomic E-state index is -1.08. The number of carboxylic acid groups (broad SMARTS) is 1. The molecule has 0 spiro atoms. The monoisotopic (exact) mass is 324 g/mol. The van der Waals surface area contributed by atoms with Gasteiger partial charge in [0.05, 0.1) is 15.6 Å². The van der Waals surface area contributed by atoms with E-state index >= 15 is 0 Å². The van der Waals surface area contributed by atoms with Gasteiger partial charge in [0.25, 0.3) is 0 Å². The zero-order chi connectivity index (χ0) is 15.7. The summed E-state index contributed by atoms with van der Waals surface area (Å²) in [6.45, 7) is 3.47. The molecule has 1 atom stereocenters. The van der Waals surface area contributed by atoms with E-state index in [2.05, 4.69) is 0 Å². The maximum atomic E-state index is 11.5. The topological polar surface area (TPSA) is 57.5 Å². The second-order valence-corrected chi connectivity index (χ2v) is 5.68. The second kappa shape index (κ2) is 6.06. The first-order chi connectivity index (χ1) is 9.82. The van der Waals surface area contributed by atoms with E-state index in [9.17, 15) is 15.0 Å². The van der Waals surface area contributed by atoms with Crippen LogP contribution in [0.25, 0.3) is 0 Å². The Balaban J connectivity index is 2.62. The van der Waals surface area contributed by atoms with Gasteiger partial charge in [-0.1, -0.05) is 41.4 Å². The number of aliphatic hydroxyl groups excluding tert-OH is 1. The lowest BCUT2D eigenvalue weighted by atomic mass is 9.90. The highest BCUT2D eigenvalue weighted by Gasteiger charge is 2.23. The molecule has 1 unspecified atom stereocenters. The summed E-state index contributed by atoms with van der Waals surface area (Å²) in [4.78, 5) is 11.5. The number of hydrogen-bond acceptors (Lipinski definition) is 2. The van der Waals surface area contributed by atoms with Crippen molar-refractivity contribution in [2.75, 3.05) is 0 Å². The number of carboxylic acids is 1. The number of hydrogen-bond donors (Lipinski definition) is 2. The maximum absolute atomic E-state index is 11.5. The van der Waals surface area contributed by atoms with Crippen LogP contribution in [0.15, 0.2) is 30.3 Å². The fraction of sp³-hybridized carbons (Fsp3) is 0.188. The van der Waals surface area contributed by atoms with E-state index in [1.54, 1.807) is 44.2 Å². The minimum Gasteiger partial charge on any atom is -0.478 e. The van der Waals surface area contributed by atoms with E-state index in [1.165, 1.54) is 0 Å². The average molecular weight is 325 g/mol. The van der Waals surface area contributed by atoms with Crippen LogP contribution in [0.3, 0.4) is 0 Å². The van der Waals surface area contributed by atoms with Crippen molar-refractivity contribution >= 4 is 29.2 Å². The summed E-state index contributed by atoms with van der Waals surface area (Å²) in [5, 5.41) is 20.7. The van der Waals surface area contributed by atoms with Crippen molar-refractivity contribution < 1.29 is 15.0 Å². The highest BCUT2D eigenvalue weighted by Crippen LogP contribution is 2.33. The van der Waals surface area contributed by atoms with E-state index in [0.29, 0.717) is 32.3 Å². The Bertz CT molecular complexity index is 711. The molecule has 0 amide bonds. The van der Waals surface area contributed by atoms with E-state index in [0.717, 1.165) is 0 Å².